The maximum absolute atomic E-state index is 11.1. The summed E-state index contributed by atoms with van der Waals surface area (Å²) in [5, 5.41) is 14.3. The SMILES string of the molecule is CC1SC(=O)NN=C1c1ccc(N)c([N+](=O)[O-])c1. The molecule has 18 heavy (non-hydrogen) atoms. The van der Waals surface area contributed by atoms with E-state index < -0.39 is 4.92 Å². The van der Waals surface area contributed by atoms with Gasteiger partial charge in [-0.25, -0.2) is 5.43 Å². The van der Waals surface area contributed by atoms with Crippen molar-refractivity contribution in [2.24, 2.45) is 5.10 Å². The number of anilines is 1. The number of benzene rings is 1. The van der Waals surface area contributed by atoms with E-state index in [1.807, 2.05) is 6.92 Å². The lowest BCUT2D eigenvalue weighted by molar-refractivity contribution is -0.383. The topological polar surface area (TPSA) is 111 Å². The molecular weight excluding hydrogens is 256 g/mol. The molecule has 3 N–H and O–H groups in total. The van der Waals surface area contributed by atoms with Gasteiger partial charge in [-0.15, -0.1) is 0 Å². The number of nitrogens with two attached hydrogens (primary N) is 1. The third kappa shape index (κ3) is 2.28. The van der Waals surface area contributed by atoms with E-state index in [1.165, 1.54) is 12.1 Å². The predicted molar refractivity (Wildman–Crippen MR) is 69.6 cm³/mol. The summed E-state index contributed by atoms with van der Waals surface area (Å²) < 4.78 is 0. The number of nitrogens with one attached hydrogen (secondary N) is 1. The molecule has 7 nitrogen and oxygen atoms in total. The molecule has 1 aromatic rings. The van der Waals surface area contributed by atoms with Gasteiger partial charge in [-0.05, 0) is 13.0 Å². The minimum Gasteiger partial charge on any atom is -0.393 e. The normalized spacial score (nSPS) is 19.1. The highest BCUT2D eigenvalue weighted by Crippen LogP contribution is 2.26. The van der Waals surface area contributed by atoms with Crippen LogP contribution in [0.1, 0.15) is 12.5 Å². The van der Waals surface area contributed by atoms with Crippen LogP contribution in [0.3, 0.4) is 0 Å². The van der Waals surface area contributed by atoms with Crippen molar-refractivity contribution in [1.29, 1.82) is 0 Å². The highest BCUT2D eigenvalue weighted by Gasteiger charge is 2.24. The number of hydrogen-bond donors (Lipinski definition) is 2. The van der Waals surface area contributed by atoms with Crippen LogP contribution in [0.2, 0.25) is 0 Å². The molecule has 0 aromatic heterocycles. The molecular formula is C10H10N4O3S. The van der Waals surface area contributed by atoms with E-state index in [0.717, 1.165) is 11.8 Å². The van der Waals surface area contributed by atoms with Gasteiger partial charge in [0.05, 0.1) is 15.9 Å². The van der Waals surface area contributed by atoms with E-state index in [-0.39, 0.29) is 21.9 Å². The number of hydrazone groups is 1. The molecule has 1 unspecified atom stereocenters. The van der Waals surface area contributed by atoms with Crippen molar-refractivity contribution in [3.8, 4) is 0 Å². The summed E-state index contributed by atoms with van der Waals surface area (Å²) in [6.07, 6.45) is 0. The smallest absolute Gasteiger partial charge is 0.299 e. The van der Waals surface area contributed by atoms with Gasteiger partial charge in [0.15, 0.2) is 0 Å². The van der Waals surface area contributed by atoms with Crippen LogP contribution >= 0.6 is 11.8 Å². The first kappa shape index (κ1) is 12.4. The van der Waals surface area contributed by atoms with Crippen LogP contribution in [-0.4, -0.2) is 21.1 Å². The van der Waals surface area contributed by atoms with Gasteiger partial charge in [0.2, 0.25) is 0 Å². The first-order valence-electron chi connectivity index (χ1n) is 5.07. The second-order valence-corrected chi connectivity index (χ2v) is 5.00. The van der Waals surface area contributed by atoms with Crippen molar-refractivity contribution in [2.75, 3.05) is 5.73 Å². The van der Waals surface area contributed by atoms with Crippen molar-refractivity contribution >= 4 is 34.1 Å². The zero-order valence-corrected chi connectivity index (χ0v) is 10.2. The van der Waals surface area contributed by atoms with Crippen molar-refractivity contribution in [2.45, 2.75) is 12.2 Å². The molecule has 0 bridgehead atoms. The fourth-order valence-electron chi connectivity index (χ4n) is 1.60. The van der Waals surface area contributed by atoms with Crippen LogP contribution in [0.5, 0.6) is 0 Å². The van der Waals surface area contributed by atoms with Gasteiger partial charge in [0, 0.05) is 11.6 Å². The molecule has 1 atom stereocenters. The van der Waals surface area contributed by atoms with Crippen LogP contribution in [0, 0.1) is 10.1 Å². The Morgan fingerprint density at radius 3 is 2.89 bits per heavy atom. The largest absolute Gasteiger partial charge is 0.393 e. The molecule has 0 radical (unpaired) electrons. The molecule has 1 aromatic carbocycles. The lowest BCUT2D eigenvalue weighted by atomic mass is 10.1. The van der Waals surface area contributed by atoms with E-state index in [9.17, 15) is 14.9 Å². The minimum atomic E-state index is -0.543. The molecule has 2 rings (SSSR count). The van der Waals surface area contributed by atoms with Gasteiger partial charge in [0.1, 0.15) is 5.69 Å². The first-order valence-corrected chi connectivity index (χ1v) is 5.95. The Kier molecular flexibility index (Phi) is 3.19. The number of nitrogen functional groups attached to an aromatic ring is 1. The summed E-state index contributed by atoms with van der Waals surface area (Å²) in [6.45, 7) is 1.81. The third-order valence-electron chi connectivity index (χ3n) is 2.46. The van der Waals surface area contributed by atoms with Crippen LogP contribution < -0.4 is 11.2 Å². The quantitative estimate of drug-likeness (QED) is 0.481. The lowest BCUT2D eigenvalue weighted by Gasteiger charge is -2.18. The second kappa shape index (κ2) is 4.65. The number of carbonyl (C=O) groups excluding carboxylic acids is 1. The number of nitro groups is 1. The Balaban J connectivity index is 2.43. The van der Waals surface area contributed by atoms with Crippen molar-refractivity contribution < 1.29 is 9.72 Å². The fraction of sp³-hybridized carbons (Fsp3) is 0.200. The summed E-state index contributed by atoms with van der Waals surface area (Å²) in [6, 6.07) is 4.47. The van der Waals surface area contributed by atoms with E-state index >= 15 is 0 Å². The lowest BCUT2D eigenvalue weighted by Crippen LogP contribution is -2.29. The van der Waals surface area contributed by atoms with Gasteiger partial charge < -0.3 is 5.73 Å². The highest BCUT2D eigenvalue weighted by atomic mass is 32.2. The summed E-state index contributed by atoms with van der Waals surface area (Å²) in [5.41, 5.74) is 8.96. The van der Waals surface area contributed by atoms with Crippen molar-refractivity contribution in [3.63, 3.8) is 0 Å². The fourth-order valence-corrected chi connectivity index (χ4v) is 2.32. The molecule has 94 valence electrons. The Hall–Kier alpha value is -2.09. The van der Waals surface area contributed by atoms with Crippen LogP contribution in [0.15, 0.2) is 23.3 Å². The second-order valence-electron chi connectivity index (χ2n) is 3.69. The Morgan fingerprint density at radius 2 is 2.28 bits per heavy atom. The summed E-state index contributed by atoms with van der Waals surface area (Å²) >= 11 is 1.08. The molecule has 0 aliphatic carbocycles. The van der Waals surface area contributed by atoms with E-state index in [0.29, 0.717) is 11.3 Å². The maximum atomic E-state index is 11.1. The number of rotatable bonds is 2. The van der Waals surface area contributed by atoms with Gasteiger partial charge in [-0.2, -0.15) is 5.10 Å². The average Bonchev–Trinajstić information content (AvgIpc) is 2.30. The zero-order valence-electron chi connectivity index (χ0n) is 9.41. The Labute approximate surface area is 107 Å². The summed E-state index contributed by atoms with van der Waals surface area (Å²) in [4.78, 5) is 21.4. The predicted octanol–water partition coefficient (Wildman–Crippen LogP) is 1.73. The third-order valence-corrected chi connectivity index (χ3v) is 3.34. The first-order chi connectivity index (χ1) is 8.49. The minimum absolute atomic E-state index is 0.101. The van der Waals surface area contributed by atoms with Crippen molar-refractivity contribution in [1.82, 2.24) is 5.43 Å². The average molecular weight is 266 g/mol. The van der Waals surface area contributed by atoms with Gasteiger partial charge >= 0.3 is 0 Å². The van der Waals surface area contributed by atoms with Crippen molar-refractivity contribution in [3.05, 3.63) is 33.9 Å². The molecule has 1 amide bonds. The molecule has 8 heteroatoms. The van der Waals surface area contributed by atoms with E-state index in [2.05, 4.69) is 10.5 Å². The number of hydrogen-bond acceptors (Lipinski definition) is 6. The Bertz CT molecular complexity index is 558. The molecule has 0 fully saturated rings. The molecule has 1 heterocycles. The van der Waals surface area contributed by atoms with E-state index in [1.54, 1.807) is 6.07 Å². The van der Waals surface area contributed by atoms with Gasteiger partial charge in [-0.3, -0.25) is 14.9 Å². The summed E-state index contributed by atoms with van der Waals surface area (Å²) in [7, 11) is 0. The zero-order chi connectivity index (χ0) is 13.3. The highest BCUT2D eigenvalue weighted by molar-refractivity contribution is 8.14. The van der Waals surface area contributed by atoms with Crippen LogP contribution in [0.4, 0.5) is 16.2 Å². The van der Waals surface area contributed by atoms with Crippen LogP contribution in [0.25, 0.3) is 0 Å². The molecule has 1 aliphatic heterocycles. The Morgan fingerprint density at radius 1 is 1.56 bits per heavy atom. The number of thioether (sulfide) groups is 1. The number of amides is 1. The number of carbonyl (C=O) groups is 1. The number of nitro benzene ring substituents is 1. The molecule has 0 saturated heterocycles. The van der Waals surface area contributed by atoms with Gasteiger partial charge in [0.25, 0.3) is 10.9 Å². The van der Waals surface area contributed by atoms with Gasteiger partial charge in [-0.1, -0.05) is 17.8 Å². The standard InChI is InChI=1S/C10H10N4O3S/c1-5-9(12-13-10(15)18-5)6-2-3-7(11)8(4-6)14(16)17/h2-5H,11H2,1H3,(H,13,15). The van der Waals surface area contributed by atoms with E-state index in [4.69, 9.17) is 5.73 Å². The number of nitrogens with zero attached hydrogens (tertiary/aromatic N) is 2. The monoisotopic (exact) mass is 266 g/mol. The molecule has 1 aliphatic rings. The molecule has 0 saturated carbocycles. The summed E-state index contributed by atoms with van der Waals surface area (Å²) in [5.74, 6) is 0. The molecule has 0 spiro atoms. The maximum Gasteiger partial charge on any atom is 0.299 e. The van der Waals surface area contributed by atoms with Crippen LogP contribution in [-0.2, 0) is 0 Å².